The first-order valence-corrected chi connectivity index (χ1v) is 7.42. The molecule has 1 N–H and O–H groups in total. The average Bonchev–Trinajstić information content (AvgIpc) is 2.81. The highest BCUT2D eigenvalue weighted by molar-refractivity contribution is 6.30. The second-order valence-corrected chi connectivity index (χ2v) is 5.89. The SMILES string of the molecule is CC1(c2cnccn2)NC(=O)N(Cc2ccc(Cl)cc2C#N)C1=O. The molecule has 1 aromatic heterocycles. The molecule has 1 aliphatic rings. The van der Waals surface area contributed by atoms with Crippen molar-refractivity contribution < 1.29 is 9.59 Å². The van der Waals surface area contributed by atoms with Gasteiger partial charge in [-0.25, -0.2) is 4.79 Å². The molecule has 0 radical (unpaired) electrons. The van der Waals surface area contributed by atoms with Crippen molar-refractivity contribution >= 4 is 23.5 Å². The standard InChI is InChI=1S/C16H12ClN5O2/c1-16(13-8-19-4-5-20-13)14(23)22(15(24)21-16)9-10-2-3-12(17)6-11(10)7-18/h2-6,8H,9H2,1H3,(H,21,24). The van der Waals surface area contributed by atoms with Gasteiger partial charge in [-0.05, 0) is 24.6 Å². The molecule has 120 valence electrons. The summed E-state index contributed by atoms with van der Waals surface area (Å²) in [7, 11) is 0. The molecule has 7 nitrogen and oxygen atoms in total. The van der Waals surface area contributed by atoms with Gasteiger partial charge in [0.2, 0.25) is 0 Å². The van der Waals surface area contributed by atoms with E-state index >= 15 is 0 Å². The third-order valence-electron chi connectivity index (χ3n) is 3.87. The van der Waals surface area contributed by atoms with Gasteiger partial charge in [-0.1, -0.05) is 17.7 Å². The van der Waals surface area contributed by atoms with Gasteiger partial charge in [0, 0.05) is 17.4 Å². The molecule has 24 heavy (non-hydrogen) atoms. The fraction of sp³-hybridized carbons (Fsp3) is 0.188. The van der Waals surface area contributed by atoms with E-state index in [0.29, 0.717) is 21.8 Å². The summed E-state index contributed by atoms with van der Waals surface area (Å²) in [4.78, 5) is 34.2. The molecule has 1 saturated heterocycles. The lowest BCUT2D eigenvalue weighted by atomic mass is 9.98. The summed E-state index contributed by atoms with van der Waals surface area (Å²) in [5.41, 5.74) is -0.0858. The van der Waals surface area contributed by atoms with Gasteiger partial charge in [0.1, 0.15) is 0 Å². The molecule has 1 atom stereocenters. The van der Waals surface area contributed by atoms with Crippen molar-refractivity contribution in [1.29, 1.82) is 5.26 Å². The number of rotatable bonds is 3. The molecular formula is C16H12ClN5O2. The summed E-state index contributed by atoms with van der Waals surface area (Å²) in [6.07, 6.45) is 4.37. The number of halogens is 1. The zero-order valence-electron chi connectivity index (χ0n) is 12.7. The topological polar surface area (TPSA) is 99.0 Å². The number of urea groups is 1. The summed E-state index contributed by atoms with van der Waals surface area (Å²) < 4.78 is 0. The predicted molar refractivity (Wildman–Crippen MR) is 84.6 cm³/mol. The van der Waals surface area contributed by atoms with Gasteiger partial charge < -0.3 is 5.32 Å². The second kappa shape index (κ2) is 5.91. The largest absolute Gasteiger partial charge is 0.325 e. The average molecular weight is 342 g/mol. The Labute approximate surface area is 142 Å². The molecule has 3 amide bonds. The molecule has 1 aliphatic heterocycles. The number of imide groups is 1. The van der Waals surface area contributed by atoms with Crippen molar-refractivity contribution in [3.8, 4) is 6.07 Å². The number of hydrogen-bond donors (Lipinski definition) is 1. The van der Waals surface area contributed by atoms with Crippen molar-refractivity contribution in [3.05, 3.63) is 58.6 Å². The number of hydrogen-bond acceptors (Lipinski definition) is 5. The first-order chi connectivity index (χ1) is 11.5. The first-order valence-electron chi connectivity index (χ1n) is 7.05. The van der Waals surface area contributed by atoms with Gasteiger partial charge >= 0.3 is 6.03 Å². The fourth-order valence-electron chi connectivity index (χ4n) is 2.53. The first kappa shape index (κ1) is 15.9. The molecule has 8 heteroatoms. The Kier molecular flexibility index (Phi) is 3.91. The minimum atomic E-state index is -1.29. The number of carbonyl (C=O) groups is 2. The van der Waals surface area contributed by atoms with Gasteiger partial charge in [0.15, 0.2) is 5.54 Å². The third kappa shape index (κ3) is 2.57. The van der Waals surface area contributed by atoms with Crippen LogP contribution in [0.2, 0.25) is 5.02 Å². The van der Waals surface area contributed by atoms with Crippen molar-refractivity contribution in [2.24, 2.45) is 0 Å². The highest BCUT2D eigenvalue weighted by atomic mass is 35.5. The number of nitriles is 1. The molecule has 1 unspecified atom stereocenters. The molecule has 1 aromatic carbocycles. The van der Waals surface area contributed by atoms with Crippen LogP contribution >= 0.6 is 11.6 Å². The predicted octanol–water partition coefficient (Wildman–Crippen LogP) is 1.97. The van der Waals surface area contributed by atoms with E-state index in [1.165, 1.54) is 24.7 Å². The molecule has 2 aromatic rings. The zero-order chi connectivity index (χ0) is 17.3. The molecule has 0 bridgehead atoms. The van der Waals surface area contributed by atoms with Crippen LogP contribution in [-0.4, -0.2) is 26.8 Å². The Balaban J connectivity index is 1.93. The lowest BCUT2D eigenvalue weighted by Crippen LogP contribution is -2.41. The normalized spacial score (nSPS) is 20.0. The Morgan fingerprint density at radius 1 is 1.38 bits per heavy atom. The summed E-state index contributed by atoms with van der Waals surface area (Å²) in [6, 6.07) is 6.20. The van der Waals surface area contributed by atoms with Crippen LogP contribution in [0.3, 0.4) is 0 Å². The van der Waals surface area contributed by atoms with E-state index in [-0.39, 0.29) is 6.54 Å². The van der Waals surface area contributed by atoms with E-state index in [4.69, 9.17) is 11.6 Å². The van der Waals surface area contributed by atoms with Crippen LogP contribution < -0.4 is 5.32 Å². The van der Waals surface area contributed by atoms with E-state index in [1.807, 2.05) is 6.07 Å². The quantitative estimate of drug-likeness (QED) is 0.860. The lowest BCUT2D eigenvalue weighted by molar-refractivity contribution is -0.131. The Bertz CT molecular complexity index is 865. The Morgan fingerprint density at radius 3 is 2.83 bits per heavy atom. The lowest BCUT2D eigenvalue weighted by Gasteiger charge is -2.20. The van der Waals surface area contributed by atoms with Crippen LogP contribution in [0.25, 0.3) is 0 Å². The maximum absolute atomic E-state index is 12.8. The highest BCUT2D eigenvalue weighted by Gasteiger charge is 2.50. The summed E-state index contributed by atoms with van der Waals surface area (Å²) in [5.74, 6) is -0.452. The van der Waals surface area contributed by atoms with E-state index < -0.39 is 17.5 Å². The van der Waals surface area contributed by atoms with E-state index in [1.54, 1.807) is 19.1 Å². The van der Waals surface area contributed by atoms with Crippen molar-refractivity contribution in [1.82, 2.24) is 20.2 Å². The van der Waals surface area contributed by atoms with E-state index in [0.717, 1.165) is 4.90 Å². The Morgan fingerprint density at radius 2 is 2.17 bits per heavy atom. The molecule has 2 heterocycles. The minimum Gasteiger partial charge on any atom is -0.318 e. The number of nitrogens with one attached hydrogen (secondary N) is 1. The van der Waals surface area contributed by atoms with Crippen molar-refractivity contribution in [3.63, 3.8) is 0 Å². The van der Waals surface area contributed by atoms with Crippen LogP contribution in [-0.2, 0) is 16.9 Å². The number of amides is 3. The molecule has 3 rings (SSSR count). The maximum atomic E-state index is 12.8. The number of benzene rings is 1. The van der Waals surface area contributed by atoms with Gasteiger partial charge in [0.25, 0.3) is 5.91 Å². The van der Waals surface area contributed by atoms with Crippen molar-refractivity contribution in [2.75, 3.05) is 0 Å². The van der Waals surface area contributed by atoms with Gasteiger partial charge in [-0.3, -0.25) is 19.7 Å². The van der Waals surface area contributed by atoms with Gasteiger partial charge in [0.05, 0.1) is 30.1 Å². The smallest absolute Gasteiger partial charge is 0.318 e. The molecule has 0 spiro atoms. The molecule has 0 aliphatic carbocycles. The van der Waals surface area contributed by atoms with Crippen LogP contribution in [0.5, 0.6) is 0 Å². The van der Waals surface area contributed by atoms with Crippen LogP contribution in [0.1, 0.15) is 23.7 Å². The summed E-state index contributed by atoms with van der Waals surface area (Å²) in [5, 5.41) is 12.3. The molecule has 0 saturated carbocycles. The van der Waals surface area contributed by atoms with Crippen LogP contribution in [0, 0.1) is 11.3 Å². The summed E-state index contributed by atoms with van der Waals surface area (Å²) in [6.45, 7) is 1.55. The van der Waals surface area contributed by atoms with Crippen LogP contribution in [0.4, 0.5) is 4.79 Å². The van der Waals surface area contributed by atoms with Gasteiger partial charge in [-0.2, -0.15) is 5.26 Å². The van der Waals surface area contributed by atoms with Crippen molar-refractivity contribution in [2.45, 2.75) is 19.0 Å². The second-order valence-electron chi connectivity index (χ2n) is 5.45. The number of nitrogens with zero attached hydrogens (tertiary/aromatic N) is 4. The summed E-state index contributed by atoms with van der Waals surface area (Å²) >= 11 is 5.87. The monoisotopic (exact) mass is 341 g/mol. The Hall–Kier alpha value is -2.98. The number of carbonyl (C=O) groups excluding carboxylic acids is 2. The molecular weight excluding hydrogens is 330 g/mol. The van der Waals surface area contributed by atoms with Crippen LogP contribution in [0.15, 0.2) is 36.8 Å². The van der Waals surface area contributed by atoms with E-state index in [9.17, 15) is 14.9 Å². The number of aromatic nitrogens is 2. The third-order valence-corrected chi connectivity index (χ3v) is 4.11. The zero-order valence-corrected chi connectivity index (χ0v) is 13.4. The maximum Gasteiger partial charge on any atom is 0.325 e. The minimum absolute atomic E-state index is 0.0272. The fourth-order valence-corrected chi connectivity index (χ4v) is 2.70. The highest BCUT2D eigenvalue weighted by Crippen LogP contribution is 2.28. The van der Waals surface area contributed by atoms with Gasteiger partial charge in [-0.15, -0.1) is 0 Å². The van der Waals surface area contributed by atoms with E-state index in [2.05, 4.69) is 15.3 Å². The molecule has 1 fully saturated rings.